The Hall–Kier alpha value is -3.69. The van der Waals surface area contributed by atoms with Crippen molar-refractivity contribution in [1.82, 2.24) is 0 Å². The molecule has 0 amide bonds. The molecule has 0 saturated carbocycles. The molecule has 1 aliphatic rings. The molecule has 1 aliphatic carbocycles. The molecule has 0 saturated heterocycles. The molecule has 0 fully saturated rings. The number of carbonyl (C=O) groups excluding carboxylic acids is 1. The van der Waals surface area contributed by atoms with Crippen molar-refractivity contribution in [2.75, 3.05) is 6.79 Å². The third kappa shape index (κ3) is 4.25. The van der Waals surface area contributed by atoms with E-state index in [1.165, 1.54) is 43.4 Å². The molecule has 3 heteroatoms. The van der Waals surface area contributed by atoms with E-state index in [1.807, 2.05) is 12.1 Å². The van der Waals surface area contributed by atoms with E-state index in [-0.39, 0.29) is 17.6 Å². The van der Waals surface area contributed by atoms with Gasteiger partial charge in [0, 0.05) is 11.1 Å². The standard InChI is InChI=1S/C35H34O3/c1-34(2)15-16-35(3,4)33-31(34)18-24(20-36)19-32(33)38-22-37-21-23-9-12-28-26(17-23)11-14-29-27-8-6-5-7-25(27)10-13-30(28)29/h5-14,17-20H,15-16,21-22H2,1-4H3. The highest BCUT2D eigenvalue weighted by atomic mass is 16.7. The highest BCUT2D eigenvalue weighted by molar-refractivity contribution is 6.17. The third-order valence-electron chi connectivity index (χ3n) is 8.41. The number of aldehydes is 1. The van der Waals surface area contributed by atoms with Gasteiger partial charge in [0.2, 0.25) is 0 Å². The number of carbonyl (C=O) groups is 1. The average molecular weight is 503 g/mol. The van der Waals surface area contributed by atoms with Crippen LogP contribution in [-0.2, 0) is 22.2 Å². The van der Waals surface area contributed by atoms with E-state index in [2.05, 4.69) is 94.4 Å². The summed E-state index contributed by atoms with van der Waals surface area (Å²) < 4.78 is 12.2. The van der Waals surface area contributed by atoms with Gasteiger partial charge in [0.1, 0.15) is 12.0 Å². The zero-order valence-electron chi connectivity index (χ0n) is 22.6. The lowest BCUT2D eigenvalue weighted by Gasteiger charge is -2.42. The summed E-state index contributed by atoms with van der Waals surface area (Å²) in [6.07, 6.45) is 3.07. The summed E-state index contributed by atoms with van der Waals surface area (Å²) in [6, 6.07) is 27.8. The van der Waals surface area contributed by atoms with Crippen LogP contribution in [0.4, 0.5) is 0 Å². The molecule has 0 aromatic heterocycles. The second kappa shape index (κ2) is 9.25. The molecule has 6 rings (SSSR count). The van der Waals surface area contributed by atoms with Crippen molar-refractivity contribution in [3.63, 3.8) is 0 Å². The van der Waals surface area contributed by atoms with Gasteiger partial charge in [0.15, 0.2) is 6.79 Å². The Labute approximate surface area is 224 Å². The molecule has 0 bridgehead atoms. The first-order valence-corrected chi connectivity index (χ1v) is 13.4. The van der Waals surface area contributed by atoms with Crippen LogP contribution in [0.2, 0.25) is 0 Å². The number of fused-ring (bicyclic) bond motifs is 6. The fraction of sp³-hybridized carbons (Fsp3) is 0.286. The lowest BCUT2D eigenvalue weighted by atomic mass is 9.62. The molecule has 0 heterocycles. The van der Waals surface area contributed by atoms with Crippen molar-refractivity contribution in [2.45, 2.75) is 58.0 Å². The third-order valence-corrected chi connectivity index (χ3v) is 8.41. The number of hydrogen-bond donors (Lipinski definition) is 0. The van der Waals surface area contributed by atoms with Gasteiger partial charge < -0.3 is 9.47 Å². The molecule has 192 valence electrons. The predicted molar refractivity (Wildman–Crippen MR) is 156 cm³/mol. The first kappa shape index (κ1) is 24.6. The van der Waals surface area contributed by atoms with Crippen LogP contribution in [-0.4, -0.2) is 13.1 Å². The van der Waals surface area contributed by atoms with E-state index in [9.17, 15) is 4.79 Å². The van der Waals surface area contributed by atoms with Crippen molar-refractivity contribution in [2.24, 2.45) is 0 Å². The molecule has 0 spiro atoms. The van der Waals surface area contributed by atoms with E-state index < -0.39 is 0 Å². The molecule has 0 aliphatic heterocycles. The Balaban J connectivity index is 1.22. The summed E-state index contributed by atoms with van der Waals surface area (Å²) in [5, 5.41) is 7.53. The number of benzene rings is 5. The summed E-state index contributed by atoms with van der Waals surface area (Å²) in [6.45, 7) is 9.61. The minimum atomic E-state index is -0.0198. The van der Waals surface area contributed by atoms with Crippen LogP contribution < -0.4 is 4.74 Å². The van der Waals surface area contributed by atoms with Crippen LogP contribution in [0.5, 0.6) is 5.75 Å². The largest absolute Gasteiger partial charge is 0.467 e. The first-order chi connectivity index (χ1) is 18.3. The summed E-state index contributed by atoms with van der Waals surface area (Å²) in [7, 11) is 0. The molecular weight excluding hydrogens is 468 g/mol. The van der Waals surface area contributed by atoms with Gasteiger partial charge in [0.05, 0.1) is 6.61 Å². The first-order valence-electron chi connectivity index (χ1n) is 13.4. The van der Waals surface area contributed by atoms with Crippen molar-refractivity contribution in [3.8, 4) is 5.75 Å². The Kier molecular flexibility index (Phi) is 6.00. The maximum atomic E-state index is 11.7. The normalized spacial score (nSPS) is 16.0. The fourth-order valence-electron chi connectivity index (χ4n) is 6.17. The van der Waals surface area contributed by atoms with Crippen LogP contribution in [0.3, 0.4) is 0 Å². The summed E-state index contributed by atoms with van der Waals surface area (Å²) in [4.78, 5) is 11.7. The van der Waals surface area contributed by atoms with Gasteiger partial charge in [0.25, 0.3) is 0 Å². The minimum absolute atomic E-state index is 0.00436. The van der Waals surface area contributed by atoms with Gasteiger partial charge in [-0.05, 0) is 85.3 Å². The van der Waals surface area contributed by atoms with Crippen LogP contribution in [0.1, 0.15) is 67.6 Å². The topological polar surface area (TPSA) is 35.5 Å². The van der Waals surface area contributed by atoms with Crippen LogP contribution in [0.15, 0.2) is 78.9 Å². The van der Waals surface area contributed by atoms with Crippen molar-refractivity contribution in [3.05, 3.63) is 101 Å². The number of hydrogen-bond acceptors (Lipinski definition) is 3. The molecule has 5 aromatic carbocycles. The highest BCUT2D eigenvalue weighted by Gasteiger charge is 2.39. The van der Waals surface area contributed by atoms with Crippen molar-refractivity contribution >= 4 is 38.6 Å². The quantitative estimate of drug-likeness (QED) is 0.101. The molecule has 0 N–H and O–H groups in total. The predicted octanol–water partition coefficient (Wildman–Crippen LogP) is 8.86. The molecule has 5 aromatic rings. The Morgan fingerprint density at radius 1 is 0.737 bits per heavy atom. The van der Waals surface area contributed by atoms with Gasteiger partial charge in [-0.1, -0.05) is 88.4 Å². The molecule has 0 unspecified atom stereocenters. The van der Waals surface area contributed by atoms with Crippen LogP contribution in [0.25, 0.3) is 32.3 Å². The van der Waals surface area contributed by atoms with E-state index in [0.717, 1.165) is 30.4 Å². The summed E-state index contributed by atoms with van der Waals surface area (Å²) in [5.41, 5.74) is 4.15. The maximum Gasteiger partial charge on any atom is 0.189 e. The van der Waals surface area contributed by atoms with Gasteiger partial charge in [-0.3, -0.25) is 4.79 Å². The molecular formula is C35H34O3. The fourth-order valence-corrected chi connectivity index (χ4v) is 6.17. The second-order valence-corrected chi connectivity index (χ2v) is 11.9. The lowest BCUT2D eigenvalue weighted by molar-refractivity contribution is 0.00368. The zero-order valence-corrected chi connectivity index (χ0v) is 22.6. The summed E-state index contributed by atoms with van der Waals surface area (Å²) >= 11 is 0. The van der Waals surface area contributed by atoms with E-state index >= 15 is 0 Å². The Morgan fingerprint density at radius 2 is 1.42 bits per heavy atom. The second-order valence-electron chi connectivity index (χ2n) is 11.9. The molecule has 3 nitrogen and oxygen atoms in total. The van der Waals surface area contributed by atoms with Gasteiger partial charge in [-0.25, -0.2) is 0 Å². The number of ether oxygens (including phenoxy) is 2. The van der Waals surface area contributed by atoms with Gasteiger partial charge in [-0.2, -0.15) is 0 Å². The maximum absolute atomic E-state index is 11.7. The average Bonchev–Trinajstić information content (AvgIpc) is 2.92. The Bertz CT molecular complexity index is 1690. The van der Waals surface area contributed by atoms with E-state index in [0.29, 0.717) is 12.2 Å². The lowest BCUT2D eigenvalue weighted by Crippen LogP contribution is -2.34. The van der Waals surface area contributed by atoms with Crippen LogP contribution >= 0.6 is 0 Å². The van der Waals surface area contributed by atoms with Gasteiger partial charge >= 0.3 is 0 Å². The molecule has 0 radical (unpaired) electrons. The Morgan fingerprint density at radius 3 is 2.21 bits per heavy atom. The minimum Gasteiger partial charge on any atom is -0.467 e. The number of rotatable bonds is 6. The van der Waals surface area contributed by atoms with E-state index in [1.54, 1.807) is 0 Å². The van der Waals surface area contributed by atoms with Crippen molar-refractivity contribution < 1.29 is 14.3 Å². The smallest absolute Gasteiger partial charge is 0.189 e. The monoisotopic (exact) mass is 502 g/mol. The SMILES string of the molecule is CC1(C)CCC(C)(C)c2c(OCOCc3ccc4c(ccc5c6ccccc6ccc45)c3)cc(C=O)cc21. The highest BCUT2D eigenvalue weighted by Crippen LogP contribution is 2.49. The molecule has 38 heavy (non-hydrogen) atoms. The zero-order chi connectivity index (χ0) is 26.5. The van der Waals surface area contributed by atoms with E-state index in [4.69, 9.17) is 9.47 Å². The van der Waals surface area contributed by atoms with Gasteiger partial charge in [-0.15, -0.1) is 0 Å². The summed E-state index contributed by atoms with van der Waals surface area (Å²) in [5.74, 6) is 0.764. The van der Waals surface area contributed by atoms with Crippen LogP contribution in [0, 0.1) is 0 Å². The van der Waals surface area contributed by atoms with Crippen molar-refractivity contribution in [1.29, 1.82) is 0 Å². The molecule has 0 atom stereocenters.